The standard InChI is InChI=1S/C15H21F2N/c1-14(2,3)18-10-15(5-4-6-15)11-7-12(16)9-13(17)8-11/h7-9,18H,4-6,10H2,1-3H3. The summed E-state index contributed by atoms with van der Waals surface area (Å²) < 4.78 is 26.7. The summed E-state index contributed by atoms with van der Waals surface area (Å²) in [6, 6.07) is 3.90. The van der Waals surface area contributed by atoms with Gasteiger partial charge in [0.15, 0.2) is 0 Å². The number of hydrogen-bond donors (Lipinski definition) is 1. The Labute approximate surface area is 108 Å². The van der Waals surface area contributed by atoms with Crippen molar-refractivity contribution >= 4 is 0 Å². The van der Waals surface area contributed by atoms with E-state index in [9.17, 15) is 8.78 Å². The molecular formula is C15H21F2N. The van der Waals surface area contributed by atoms with E-state index < -0.39 is 11.6 Å². The van der Waals surface area contributed by atoms with Gasteiger partial charge in [-0.25, -0.2) is 8.78 Å². The van der Waals surface area contributed by atoms with Crippen molar-refractivity contribution in [1.82, 2.24) is 5.32 Å². The van der Waals surface area contributed by atoms with Crippen LogP contribution < -0.4 is 5.32 Å². The third-order valence-electron chi connectivity index (χ3n) is 3.74. The molecule has 1 N–H and O–H groups in total. The van der Waals surface area contributed by atoms with Crippen molar-refractivity contribution in [1.29, 1.82) is 0 Å². The van der Waals surface area contributed by atoms with Crippen molar-refractivity contribution in [2.24, 2.45) is 0 Å². The summed E-state index contributed by atoms with van der Waals surface area (Å²) in [5, 5.41) is 3.46. The average Bonchev–Trinajstić information content (AvgIpc) is 2.12. The van der Waals surface area contributed by atoms with Crippen molar-refractivity contribution in [3.8, 4) is 0 Å². The van der Waals surface area contributed by atoms with E-state index in [1.807, 2.05) is 0 Å². The Morgan fingerprint density at radius 3 is 2.06 bits per heavy atom. The smallest absolute Gasteiger partial charge is 0.126 e. The molecule has 0 atom stereocenters. The molecule has 3 heteroatoms. The molecule has 18 heavy (non-hydrogen) atoms. The Bertz CT molecular complexity index is 410. The Morgan fingerprint density at radius 2 is 1.67 bits per heavy atom. The summed E-state index contributed by atoms with van der Waals surface area (Å²) in [7, 11) is 0. The molecule has 100 valence electrons. The molecule has 0 radical (unpaired) electrons. The first kappa shape index (κ1) is 13.5. The molecule has 0 heterocycles. The van der Waals surface area contributed by atoms with E-state index in [0.29, 0.717) is 0 Å². The van der Waals surface area contributed by atoms with Gasteiger partial charge < -0.3 is 5.32 Å². The van der Waals surface area contributed by atoms with Crippen molar-refractivity contribution in [3.05, 3.63) is 35.4 Å². The maximum atomic E-state index is 13.3. The first-order valence-electron chi connectivity index (χ1n) is 6.52. The van der Waals surface area contributed by atoms with Gasteiger partial charge in [0.1, 0.15) is 11.6 Å². The first-order chi connectivity index (χ1) is 8.31. The zero-order valence-corrected chi connectivity index (χ0v) is 11.3. The van der Waals surface area contributed by atoms with Gasteiger partial charge in [0.2, 0.25) is 0 Å². The second-order valence-electron chi connectivity index (χ2n) is 6.40. The molecule has 1 fully saturated rings. The van der Waals surface area contributed by atoms with Gasteiger partial charge in [0.25, 0.3) is 0 Å². The summed E-state index contributed by atoms with van der Waals surface area (Å²) in [5.41, 5.74) is 0.730. The number of halogens is 2. The molecule has 0 aromatic heterocycles. The van der Waals surface area contributed by atoms with Gasteiger partial charge in [0.05, 0.1) is 0 Å². The number of benzene rings is 1. The Hall–Kier alpha value is -0.960. The number of rotatable bonds is 3. The Balaban J connectivity index is 2.21. The van der Waals surface area contributed by atoms with Crippen molar-refractivity contribution in [3.63, 3.8) is 0 Å². The topological polar surface area (TPSA) is 12.0 Å². The van der Waals surface area contributed by atoms with Crippen LogP contribution in [0.15, 0.2) is 18.2 Å². The molecule has 0 saturated heterocycles. The lowest BCUT2D eigenvalue weighted by atomic mass is 9.64. The van der Waals surface area contributed by atoms with Crippen LogP contribution in [0, 0.1) is 11.6 Å². The Kier molecular flexibility index (Phi) is 3.45. The summed E-state index contributed by atoms with van der Waals surface area (Å²) in [5.74, 6) is -0.959. The molecular weight excluding hydrogens is 232 g/mol. The van der Waals surface area contributed by atoms with Crippen LogP contribution in [0.1, 0.15) is 45.6 Å². The van der Waals surface area contributed by atoms with Crippen molar-refractivity contribution in [2.45, 2.75) is 51.0 Å². The van der Waals surface area contributed by atoms with E-state index in [-0.39, 0.29) is 11.0 Å². The van der Waals surface area contributed by atoms with Gasteiger partial charge in [-0.15, -0.1) is 0 Å². The number of hydrogen-bond acceptors (Lipinski definition) is 1. The molecule has 1 aliphatic carbocycles. The summed E-state index contributed by atoms with van der Waals surface area (Å²) >= 11 is 0. The molecule has 1 saturated carbocycles. The van der Waals surface area contributed by atoms with E-state index >= 15 is 0 Å². The minimum Gasteiger partial charge on any atom is -0.311 e. The predicted molar refractivity (Wildman–Crippen MR) is 69.6 cm³/mol. The normalized spacial score (nSPS) is 18.5. The molecule has 0 aliphatic heterocycles. The van der Waals surface area contributed by atoms with E-state index in [1.54, 1.807) is 0 Å². The third-order valence-corrected chi connectivity index (χ3v) is 3.74. The average molecular weight is 253 g/mol. The van der Waals surface area contributed by atoms with Crippen LogP contribution in [-0.2, 0) is 5.41 Å². The molecule has 1 aromatic rings. The molecule has 0 bridgehead atoms. The van der Waals surface area contributed by atoms with E-state index in [0.717, 1.165) is 37.4 Å². The quantitative estimate of drug-likeness (QED) is 0.864. The first-order valence-corrected chi connectivity index (χ1v) is 6.52. The van der Waals surface area contributed by atoms with E-state index in [4.69, 9.17) is 0 Å². The molecule has 0 spiro atoms. The van der Waals surface area contributed by atoms with Gasteiger partial charge in [-0.3, -0.25) is 0 Å². The minimum absolute atomic E-state index is 0.0223. The summed E-state index contributed by atoms with van der Waals surface area (Å²) in [4.78, 5) is 0. The fraction of sp³-hybridized carbons (Fsp3) is 0.600. The molecule has 0 unspecified atom stereocenters. The van der Waals surface area contributed by atoms with Gasteiger partial charge in [-0.2, -0.15) is 0 Å². The highest BCUT2D eigenvalue weighted by Gasteiger charge is 2.39. The monoisotopic (exact) mass is 253 g/mol. The van der Waals surface area contributed by atoms with E-state index in [2.05, 4.69) is 26.1 Å². The zero-order chi connectivity index (χ0) is 13.4. The third kappa shape index (κ3) is 2.89. The predicted octanol–water partition coefficient (Wildman–Crippen LogP) is 3.77. The highest BCUT2D eigenvalue weighted by Crippen LogP contribution is 2.43. The lowest BCUT2D eigenvalue weighted by Gasteiger charge is -2.44. The van der Waals surface area contributed by atoms with Crippen LogP contribution >= 0.6 is 0 Å². The van der Waals surface area contributed by atoms with Gasteiger partial charge in [0, 0.05) is 23.6 Å². The Morgan fingerprint density at radius 1 is 1.11 bits per heavy atom. The fourth-order valence-corrected chi connectivity index (χ4v) is 2.47. The van der Waals surface area contributed by atoms with Crippen LogP contribution in [0.5, 0.6) is 0 Å². The van der Waals surface area contributed by atoms with Crippen molar-refractivity contribution < 1.29 is 8.78 Å². The van der Waals surface area contributed by atoms with Crippen LogP contribution in [0.2, 0.25) is 0 Å². The lowest BCUT2D eigenvalue weighted by molar-refractivity contribution is 0.212. The largest absolute Gasteiger partial charge is 0.311 e. The molecule has 1 aromatic carbocycles. The van der Waals surface area contributed by atoms with E-state index in [1.165, 1.54) is 12.1 Å². The fourth-order valence-electron chi connectivity index (χ4n) is 2.47. The highest BCUT2D eigenvalue weighted by atomic mass is 19.1. The second-order valence-corrected chi connectivity index (χ2v) is 6.40. The summed E-state index contributed by atoms with van der Waals surface area (Å²) in [6.07, 6.45) is 3.13. The van der Waals surface area contributed by atoms with Crippen LogP contribution in [0.4, 0.5) is 8.78 Å². The maximum absolute atomic E-state index is 13.3. The van der Waals surface area contributed by atoms with Gasteiger partial charge in [-0.05, 0) is 51.3 Å². The second kappa shape index (κ2) is 4.61. The lowest BCUT2D eigenvalue weighted by Crippen LogP contribution is -2.49. The highest BCUT2D eigenvalue weighted by molar-refractivity contribution is 5.30. The molecule has 2 rings (SSSR count). The maximum Gasteiger partial charge on any atom is 0.126 e. The summed E-state index contributed by atoms with van der Waals surface area (Å²) in [6.45, 7) is 7.09. The minimum atomic E-state index is -0.480. The molecule has 1 nitrogen and oxygen atoms in total. The SMILES string of the molecule is CC(C)(C)NCC1(c2cc(F)cc(F)c2)CCC1. The van der Waals surface area contributed by atoms with Crippen LogP contribution in [-0.4, -0.2) is 12.1 Å². The van der Waals surface area contributed by atoms with Gasteiger partial charge >= 0.3 is 0 Å². The van der Waals surface area contributed by atoms with Crippen LogP contribution in [0.3, 0.4) is 0 Å². The van der Waals surface area contributed by atoms with Crippen molar-refractivity contribution in [2.75, 3.05) is 6.54 Å². The molecule has 0 amide bonds. The molecule has 1 aliphatic rings. The van der Waals surface area contributed by atoms with Crippen LogP contribution in [0.25, 0.3) is 0 Å². The number of nitrogens with one attached hydrogen (secondary N) is 1. The van der Waals surface area contributed by atoms with Gasteiger partial charge in [-0.1, -0.05) is 6.42 Å². The zero-order valence-electron chi connectivity index (χ0n) is 11.3.